The molecule has 6 nitrogen and oxygen atoms in total. The number of aryl methyl sites for hydroxylation is 2. The van der Waals surface area contributed by atoms with Gasteiger partial charge in [-0.25, -0.2) is 5.01 Å². The van der Waals surface area contributed by atoms with Gasteiger partial charge < -0.3 is 0 Å². The molecule has 194 valence electrons. The van der Waals surface area contributed by atoms with E-state index in [1.807, 2.05) is 11.1 Å². The molecule has 1 spiro atoms. The normalized spacial score (nSPS) is 19.2. The van der Waals surface area contributed by atoms with E-state index in [2.05, 4.69) is 80.6 Å². The van der Waals surface area contributed by atoms with Gasteiger partial charge >= 0.3 is 0 Å². The van der Waals surface area contributed by atoms with Gasteiger partial charge in [-0.2, -0.15) is 5.10 Å². The summed E-state index contributed by atoms with van der Waals surface area (Å²) < 4.78 is -1.41. The molecule has 0 radical (unpaired) electrons. The zero-order chi connectivity index (χ0) is 27.4. The van der Waals surface area contributed by atoms with Crippen LogP contribution in [-0.2, 0) is 13.7 Å². The molecule has 0 aliphatic carbocycles. The van der Waals surface area contributed by atoms with Crippen molar-refractivity contribution in [2.75, 3.05) is 5.01 Å². The van der Waals surface area contributed by atoms with Crippen molar-refractivity contribution in [3.05, 3.63) is 141 Å². The van der Waals surface area contributed by atoms with Crippen LogP contribution in [0.1, 0.15) is 40.3 Å². The third kappa shape index (κ3) is 3.97. The third-order valence-corrected chi connectivity index (χ3v) is 10.6. The molecule has 39 heavy (non-hydrogen) atoms. The highest BCUT2D eigenvalue weighted by Gasteiger charge is 2.61. The van der Waals surface area contributed by atoms with Gasteiger partial charge in [-0.3, -0.25) is 14.9 Å². The lowest BCUT2D eigenvalue weighted by Gasteiger charge is -2.37. The van der Waals surface area contributed by atoms with Crippen LogP contribution in [0.5, 0.6) is 0 Å². The molecule has 0 saturated carbocycles. The van der Waals surface area contributed by atoms with Crippen molar-refractivity contribution in [3.8, 4) is 0 Å². The number of rotatable bonds is 5. The second-order valence-electron chi connectivity index (χ2n) is 9.79. The van der Waals surface area contributed by atoms with Crippen molar-refractivity contribution in [3.63, 3.8) is 0 Å². The quantitative estimate of drug-likeness (QED) is 0.189. The number of non-ortho nitro benzene ring substituents is 1. The summed E-state index contributed by atoms with van der Waals surface area (Å²) >= 11 is 3.18. The number of fused-ring (bicyclic) bond motifs is 2. The number of hydrazone groups is 1. The summed E-state index contributed by atoms with van der Waals surface area (Å²) in [6, 6.07) is 32.0. The van der Waals surface area contributed by atoms with E-state index in [0.717, 1.165) is 22.3 Å². The molecule has 1 unspecified atom stereocenters. The first kappa shape index (κ1) is 25.4. The predicted octanol–water partition coefficient (Wildman–Crippen LogP) is 7.52. The molecule has 0 amide bonds. The summed E-state index contributed by atoms with van der Waals surface area (Å²) in [5, 5.41) is 18.4. The van der Waals surface area contributed by atoms with E-state index in [0.29, 0.717) is 10.7 Å². The Morgan fingerprint density at radius 2 is 1.36 bits per heavy atom. The number of hydrogen-bond donors (Lipinski definition) is 0. The van der Waals surface area contributed by atoms with E-state index in [9.17, 15) is 14.9 Å². The minimum Gasteiger partial charge on any atom is -0.292 e. The molecule has 0 N–H and O–H groups in total. The molecule has 0 fully saturated rings. The first-order valence-corrected chi connectivity index (χ1v) is 14.2. The van der Waals surface area contributed by atoms with Crippen LogP contribution in [0.25, 0.3) is 0 Å². The van der Waals surface area contributed by atoms with Crippen LogP contribution in [0, 0.1) is 24.0 Å². The number of carbonyl (C=O) groups is 1. The maximum absolute atomic E-state index is 12.7. The summed E-state index contributed by atoms with van der Waals surface area (Å²) in [6.45, 7) is 5.68. The Kier molecular flexibility index (Phi) is 6.12. The second kappa shape index (κ2) is 9.39. The number of nitro benzene ring substituents is 1. The van der Waals surface area contributed by atoms with Crippen molar-refractivity contribution in [1.82, 2.24) is 0 Å². The molecule has 2 aliphatic heterocycles. The highest BCUT2D eigenvalue weighted by atomic mass is 32.2. The number of nitro groups is 1. The number of Topliss-reactive ketones (excluding diaryl/α,β-unsaturated/α-hetero) is 1. The van der Waals surface area contributed by atoms with Crippen LogP contribution < -0.4 is 5.01 Å². The van der Waals surface area contributed by atoms with Crippen molar-refractivity contribution in [2.24, 2.45) is 5.10 Å². The zero-order valence-electron chi connectivity index (χ0n) is 21.6. The Morgan fingerprint density at radius 1 is 0.821 bits per heavy atom. The molecule has 6 rings (SSSR count). The summed E-state index contributed by atoms with van der Waals surface area (Å²) in [6.07, 6.45) is 0. The van der Waals surface area contributed by atoms with E-state index in [1.165, 1.54) is 41.9 Å². The second-order valence-corrected chi connectivity index (χ2v) is 12.6. The van der Waals surface area contributed by atoms with Crippen LogP contribution in [0.3, 0.4) is 0 Å². The van der Waals surface area contributed by atoms with Crippen LogP contribution in [-0.4, -0.2) is 15.8 Å². The number of carbonyl (C=O) groups excluding carboxylic acids is 1. The number of anilines is 1. The zero-order valence-corrected chi connectivity index (χ0v) is 23.3. The van der Waals surface area contributed by atoms with Crippen LogP contribution in [0.2, 0.25) is 0 Å². The summed E-state index contributed by atoms with van der Waals surface area (Å²) in [4.78, 5) is 23.6. The van der Waals surface area contributed by atoms with Gasteiger partial charge in [-0.15, -0.1) is 0 Å². The highest BCUT2D eigenvalue weighted by Crippen LogP contribution is 2.70. The molecule has 1 atom stereocenters. The van der Waals surface area contributed by atoms with Gasteiger partial charge in [-0.1, -0.05) is 107 Å². The molecule has 8 heteroatoms. The molecule has 4 aromatic carbocycles. The fraction of sp³-hybridized carbons (Fsp3) is 0.161. The average molecular weight is 552 g/mol. The van der Waals surface area contributed by atoms with Gasteiger partial charge in [-0.05, 0) is 42.7 Å². The van der Waals surface area contributed by atoms with Crippen LogP contribution in [0.15, 0.2) is 102 Å². The lowest BCUT2D eigenvalue weighted by Crippen LogP contribution is -2.34. The predicted molar refractivity (Wildman–Crippen MR) is 159 cm³/mol. The topological polar surface area (TPSA) is 75.8 Å². The summed E-state index contributed by atoms with van der Waals surface area (Å²) in [5.41, 5.74) is 7.46. The van der Waals surface area contributed by atoms with Gasteiger partial charge in [0.1, 0.15) is 0 Å². The highest BCUT2D eigenvalue weighted by molar-refractivity contribution is 8.27. The number of nitrogens with zero attached hydrogens (tertiary/aromatic N) is 3. The fourth-order valence-corrected chi connectivity index (χ4v) is 8.78. The first-order chi connectivity index (χ1) is 18.7. The molecular weight excluding hydrogens is 526 g/mol. The SMILES string of the molecule is CC(=O)C1=NN(c2ccc([N+](=O)[O-])cc2)C2(S1)SC(c1ccc(C)cc1)(c1ccc(C)cc1)c1ccccc12. The van der Waals surface area contributed by atoms with Crippen LogP contribution in [0.4, 0.5) is 11.4 Å². The van der Waals surface area contributed by atoms with Crippen molar-refractivity contribution in [1.29, 1.82) is 0 Å². The summed E-state index contributed by atoms with van der Waals surface area (Å²) in [5.74, 6) is -0.120. The Bertz CT molecular complexity index is 1590. The van der Waals surface area contributed by atoms with Gasteiger partial charge in [0.25, 0.3) is 5.69 Å². The molecule has 2 aliphatic rings. The number of thioether (sulfide) groups is 2. The average Bonchev–Trinajstić information content (AvgIpc) is 3.47. The molecule has 0 bridgehead atoms. The van der Waals surface area contributed by atoms with Crippen LogP contribution >= 0.6 is 23.5 Å². The Hall–Kier alpha value is -3.88. The Labute approximate surface area is 235 Å². The van der Waals surface area contributed by atoms with Gasteiger partial charge in [0, 0.05) is 24.6 Å². The lowest BCUT2D eigenvalue weighted by molar-refractivity contribution is -0.384. The number of hydrogen-bond acceptors (Lipinski definition) is 7. The number of ketones is 1. The Balaban J connectivity index is 1.62. The monoisotopic (exact) mass is 551 g/mol. The Morgan fingerprint density at radius 3 is 1.87 bits per heavy atom. The largest absolute Gasteiger partial charge is 0.292 e. The lowest BCUT2D eigenvalue weighted by atomic mass is 9.81. The first-order valence-electron chi connectivity index (χ1n) is 12.5. The van der Waals surface area contributed by atoms with E-state index in [4.69, 9.17) is 5.10 Å². The van der Waals surface area contributed by atoms with E-state index in [-0.39, 0.29) is 11.5 Å². The third-order valence-electron chi connectivity index (χ3n) is 7.17. The van der Waals surface area contributed by atoms with E-state index >= 15 is 0 Å². The maximum Gasteiger partial charge on any atom is 0.269 e. The molecule has 0 aromatic heterocycles. The molecule has 0 saturated heterocycles. The van der Waals surface area contributed by atoms with Crippen molar-refractivity contribution >= 4 is 45.7 Å². The molecule has 2 heterocycles. The molecule has 4 aromatic rings. The molecular formula is C31H25N3O3S2. The van der Waals surface area contributed by atoms with E-state index in [1.54, 1.807) is 23.9 Å². The van der Waals surface area contributed by atoms with Crippen molar-refractivity contribution in [2.45, 2.75) is 29.7 Å². The van der Waals surface area contributed by atoms with Gasteiger partial charge in [0.2, 0.25) is 0 Å². The van der Waals surface area contributed by atoms with E-state index < -0.39 is 13.9 Å². The smallest absolute Gasteiger partial charge is 0.269 e. The fourth-order valence-electron chi connectivity index (χ4n) is 5.23. The minimum absolute atomic E-state index is 0.00329. The standard InChI is InChI=1S/C31H25N3O3S2/c1-20-8-12-23(13-9-20)30(24-14-10-21(2)11-15-24)27-6-4-5-7-28(27)31(39-30)33(32-29(38-31)22(3)35)25-16-18-26(19-17-25)34(36)37/h4-19H,1-3H3. The number of benzene rings is 4. The maximum atomic E-state index is 12.7. The van der Waals surface area contributed by atoms with Gasteiger partial charge in [0.05, 0.1) is 15.4 Å². The van der Waals surface area contributed by atoms with Crippen molar-refractivity contribution < 1.29 is 9.72 Å². The van der Waals surface area contributed by atoms with Gasteiger partial charge in [0.15, 0.2) is 15.0 Å². The minimum atomic E-state index is -0.816. The summed E-state index contributed by atoms with van der Waals surface area (Å²) in [7, 11) is 0.